The highest BCUT2D eigenvalue weighted by Crippen LogP contribution is 2.34. The molecule has 38 heavy (non-hydrogen) atoms. The summed E-state index contributed by atoms with van der Waals surface area (Å²) in [5, 5.41) is 1.74. The van der Waals surface area contributed by atoms with E-state index in [4.69, 9.17) is 13.9 Å². The van der Waals surface area contributed by atoms with E-state index >= 15 is 0 Å². The number of para-hydroxylation sites is 1. The lowest BCUT2D eigenvalue weighted by molar-refractivity contribution is -0.156. The van der Waals surface area contributed by atoms with Crippen molar-refractivity contribution in [1.29, 1.82) is 0 Å². The summed E-state index contributed by atoms with van der Waals surface area (Å²) in [6, 6.07) is 12.3. The number of hydrogen-bond donors (Lipinski definition) is 1. The molecule has 5 rings (SSSR count). The largest absolute Gasteiger partial charge is 0.480 e. The molecule has 0 fully saturated rings. The van der Waals surface area contributed by atoms with Crippen molar-refractivity contribution < 1.29 is 23.5 Å². The number of carbonyl (C=O) groups is 2. The van der Waals surface area contributed by atoms with Crippen molar-refractivity contribution in [2.24, 2.45) is 0 Å². The zero-order chi connectivity index (χ0) is 27.0. The zero-order valence-electron chi connectivity index (χ0n) is 22.1. The van der Waals surface area contributed by atoms with E-state index in [2.05, 4.69) is 11.9 Å². The van der Waals surface area contributed by atoms with Crippen molar-refractivity contribution in [3.05, 3.63) is 75.3 Å². The van der Waals surface area contributed by atoms with Gasteiger partial charge in [-0.3, -0.25) is 4.79 Å². The number of benzene rings is 2. The zero-order valence-corrected chi connectivity index (χ0v) is 22.1. The van der Waals surface area contributed by atoms with E-state index in [0.717, 1.165) is 46.1 Å². The van der Waals surface area contributed by atoms with E-state index in [-0.39, 0.29) is 12.5 Å². The Balaban J connectivity index is 1.49. The predicted octanol–water partition coefficient (Wildman–Crippen LogP) is 4.82. The van der Waals surface area contributed by atoms with Gasteiger partial charge in [0.1, 0.15) is 17.4 Å². The molecule has 0 aliphatic carbocycles. The lowest BCUT2D eigenvalue weighted by Crippen LogP contribution is -2.52. The second kappa shape index (κ2) is 10.4. The maximum atomic E-state index is 13.8. The number of amides is 1. The highest BCUT2D eigenvalue weighted by molar-refractivity contribution is 5.92. The number of aromatic nitrogens is 1. The summed E-state index contributed by atoms with van der Waals surface area (Å²) in [6.07, 6.45) is 2.02. The van der Waals surface area contributed by atoms with Crippen molar-refractivity contribution in [2.75, 3.05) is 7.11 Å². The minimum absolute atomic E-state index is 0.238. The fourth-order valence-electron chi connectivity index (χ4n) is 5.39. The summed E-state index contributed by atoms with van der Waals surface area (Å²) < 4.78 is 16.9. The molecule has 0 saturated carbocycles. The van der Waals surface area contributed by atoms with E-state index < -0.39 is 23.7 Å². The number of esters is 1. The minimum Gasteiger partial charge on any atom is -0.480 e. The fourth-order valence-corrected chi connectivity index (χ4v) is 5.39. The number of carbonyl (C=O) groups excluding carboxylic acids is 2. The molecule has 0 spiro atoms. The third kappa shape index (κ3) is 4.66. The first-order valence-corrected chi connectivity index (χ1v) is 13.0. The highest BCUT2D eigenvalue weighted by atomic mass is 16.5. The molecule has 1 aliphatic heterocycles. The molecule has 2 aromatic heterocycles. The first-order chi connectivity index (χ1) is 18.3. The normalized spacial score (nSPS) is 15.9. The molecule has 4 aromatic rings. The van der Waals surface area contributed by atoms with Crippen LogP contribution in [-0.2, 0) is 33.7 Å². The van der Waals surface area contributed by atoms with Crippen LogP contribution in [-0.4, -0.2) is 41.0 Å². The van der Waals surface area contributed by atoms with Gasteiger partial charge in [-0.1, -0.05) is 31.5 Å². The number of H-pyrrole nitrogens is 1. The Bertz CT molecular complexity index is 1580. The fraction of sp³-hybridized carbons (Fsp3) is 0.367. The standard InChI is InChI=1S/C30H32N2O6/c1-5-6-9-19-14-27(33)38-26-13-17(2)12-25(28(19)26)37-18(3)29(34)32-16-23-21(15-24(32)30(35)36-4)20-10-7-8-11-22(20)31-23/h7-8,10-14,18,24,31H,5-6,9,15-16H2,1-4H3/t18-,24-/m0/s1. The van der Waals surface area contributed by atoms with Gasteiger partial charge in [-0.2, -0.15) is 0 Å². The second-order valence-corrected chi connectivity index (χ2v) is 9.93. The van der Waals surface area contributed by atoms with Crippen LogP contribution in [0.1, 0.15) is 49.1 Å². The van der Waals surface area contributed by atoms with E-state index in [1.165, 1.54) is 18.1 Å². The summed E-state index contributed by atoms with van der Waals surface area (Å²) >= 11 is 0. The highest BCUT2D eigenvalue weighted by Gasteiger charge is 2.39. The molecule has 2 atom stereocenters. The van der Waals surface area contributed by atoms with Crippen molar-refractivity contribution >= 4 is 33.7 Å². The van der Waals surface area contributed by atoms with Crippen LogP contribution in [0, 0.1) is 6.92 Å². The molecule has 8 heteroatoms. The molecule has 0 radical (unpaired) electrons. The van der Waals surface area contributed by atoms with E-state index in [0.29, 0.717) is 29.6 Å². The topological polar surface area (TPSA) is 102 Å². The number of rotatable bonds is 7. The maximum Gasteiger partial charge on any atom is 0.336 e. The molecule has 0 saturated heterocycles. The predicted molar refractivity (Wildman–Crippen MR) is 144 cm³/mol. The molecule has 1 N–H and O–H groups in total. The number of fused-ring (bicyclic) bond motifs is 4. The number of aryl methyl sites for hydroxylation is 2. The molecular formula is C30H32N2O6. The van der Waals surface area contributed by atoms with Gasteiger partial charge in [-0.15, -0.1) is 0 Å². The number of hydrogen-bond acceptors (Lipinski definition) is 6. The summed E-state index contributed by atoms with van der Waals surface area (Å²) in [7, 11) is 1.33. The van der Waals surface area contributed by atoms with Gasteiger partial charge in [-0.25, -0.2) is 9.59 Å². The van der Waals surface area contributed by atoms with E-state index in [1.807, 2.05) is 37.3 Å². The number of nitrogens with zero attached hydrogens (tertiary/aromatic N) is 1. The molecule has 2 aromatic carbocycles. The Morgan fingerprint density at radius 3 is 2.76 bits per heavy atom. The van der Waals surface area contributed by atoms with Gasteiger partial charge in [0.2, 0.25) is 0 Å². The van der Waals surface area contributed by atoms with E-state index in [1.54, 1.807) is 13.0 Å². The number of methoxy groups -OCH3 is 1. The molecular weight excluding hydrogens is 484 g/mol. The van der Waals surface area contributed by atoms with Crippen LogP contribution < -0.4 is 10.4 Å². The summed E-state index contributed by atoms with van der Waals surface area (Å²) in [5.74, 6) is -0.313. The molecule has 1 amide bonds. The maximum absolute atomic E-state index is 13.8. The van der Waals surface area contributed by atoms with Crippen LogP contribution in [0.15, 0.2) is 51.7 Å². The van der Waals surface area contributed by atoms with Crippen LogP contribution in [0.5, 0.6) is 5.75 Å². The Morgan fingerprint density at radius 1 is 1.21 bits per heavy atom. The van der Waals surface area contributed by atoms with Gasteiger partial charge in [0, 0.05) is 29.1 Å². The minimum atomic E-state index is -0.899. The molecule has 0 unspecified atom stereocenters. The van der Waals surface area contributed by atoms with Crippen LogP contribution in [0.3, 0.4) is 0 Å². The lowest BCUT2D eigenvalue weighted by atomic mass is 9.96. The van der Waals surface area contributed by atoms with Gasteiger partial charge >= 0.3 is 11.6 Å². The second-order valence-electron chi connectivity index (χ2n) is 9.93. The van der Waals surface area contributed by atoms with Crippen molar-refractivity contribution in [3.63, 3.8) is 0 Å². The third-order valence-corrected chi connectivity index (χ3v) is 7.25. The lowest BCUT2D eigenvalue weighted by Gasteiger charge is -2.35. The van der Waals surface area contributed by atoms with Crippen LogP contribution in [0.2, 0.25) is 0 Å². The number of unbranched alkanes of at least 4 members (excludes halogenated alkanes) is 1. The van der Waals surface area contributed by atoms with Crippen LogP contribution in [0.4, 0.5) is 0 Å². The average molecular weight is 517 g/mol. The van der Waals surface area contributed by atoms with E-state index in [9.17, 15) is 14.4 Å². The number of ether oxygens (including phenoxy) is 2. The number of aromatic amines is 1. The van der Waals surface area contributed by atoms with Gasteiger partial charge in [-0.05, 0) is 61.6 Å². The quantitative estimate of drug-likeness (QED) is 0.279. The van der Waals surface area contributed by atoms with Crippen LogP contribution in [0.25, 0.3) is 21.9 Å². The molecule has 198 valence electrons. The average Bonchev–Trinajstić information content (AvgIpc) is 3.27. The van der Waals surface area contributed by atoms with Gasteiger partial charge in [0.25, 0.3) is 5.91 Å². The molecule has 1 aliphatic rings. The Kier molecular flexibility index (Phi) is 6.97. The van der Waals surface area contributed by atoms with Gasteiger partial charge in [0.15, 0.2) is 6.10 Å². The summed E-state index contributed by atoms with van der Waals surface area (Å²) in [6.45, 7) is 5.88. The SMILES string of the molecule is CCCCc1cc(=O)oc2cc(C)cc(O[C@@H](C)C(=O)N3Cc4[nH]c5ccccc5c4C[C@H]3C(=O)OC)c12. The molecule has 8 nitrogen and oxygen atoms in total. The summed E-state index contributed by atoms with van der Waals surface area (Å²) in [4.78, 5) is 43.8. The van der Waals surface area contributed by atoms with Crippen molar-refractivity contribution in [2.45, 2.75) is 65.1 Å². The smallest absolute Gasteiger partial charge is 0.336 e. The molecule has 0 bridgehead atoms. The molecule has 3 heterocycles. The van der Waals surface area contributed by atoms with Crippen LogP contribution >= 0.6 is 0 Å². The first kappa shape index (κ1) is 25.6. The first-order valence-electron chi connectivity index (χ1n) is 13.0. The third-order valence-electron chi connectivity index (χ3n) is 7.25. The summed E-state index contributed by atoms with van der Waals surface area (Å²) in [5.41, 5.74) is 4.59. The number of nitrogens with one attached hydrogen (secondary N) is 1. The van der Waals surface area contributed by atoms with Gasteiger partial charge < -0.3 is 23.8 Å². The van der Waals surface area contributed by atoms with Gasteiger partial charge in [0.05, 0.1) is 19.0 Å². The Morgan fingerprint density at radius 2 is 2.00 bits per heavy atom. The Hall–Kier alpha value is -4.07. The Labute approximate surface area is 220 Å². The monoisotopic (exact) mass is 516 g/mol. The van der Waals surface area contributed by atoms with Crippen molar-refractivity contribution in [3.8, 4) is 5.75 Å². The van der Waals surface area contributed by atoms with Crippen molar-refractivity contribution in [1.82, 2.24) is 9.88 Å².